The third kappa shape index (κ3) is 4.52. The SMILES string of the molecule is CC(NC(=O)CSc1ccc(C(F)(F)F)cn1)c1ccco1. The van der Waals surface area contributed by atoms with E-state index >= 15 is 0 Å². The van der Waals surface area contributed by atoms with Gasteiger partial charge in [0, 0.05) is 6.20 Å². The predicted octanol–water partition coefficient (Wildman–Crippen LogP) is 3.66. The molecule has 0 saturated heterocycles. The van der Waals surface area contributed by atoms with Gasteiger partial charge in [-0.2, -0.15) is 13.2 Å². The topological polar surface area (TPSA) is 55.1 Å². The van der Waals surface area contributed by atoms with Crippen LogP contribution in [-0.2, 0) is 11.0 Å². The zero-order chi connectivity index (χ0) is 16.2. The van der Waals surface area contributed by atoms with Gasteiger partial charge in [0.25, 0.3) is 0 Å². The van der Waals surface area contributed by atoms with Crippen molar-refractivity contribution in [1.82, 2.24) is 10.3 Å². The predicted molar refractivity (Wildman–Crippen MR) is 75.2 cm³/mol. The first-order valence-corrected chi connectivity index (χ1v) is 7.33. The highest BCUT2D eigenvalue weighted by atomic mass is 32.2. The van der Waals surface area contributed by atoms with Crippen LogP contribution in [0.25, 0.3) is 0 Å². The highest BCUT2D eigenvalue weighted by Gasteiger charge is 2.30. The molecule has 0 spiro atoms. The summed E-state index contributed by atoms with van der Waals surface area (Å²) in [6.07, 6.45) is -2.14. The molecule has 0 fully saturated rings. The van der Waals surface area contributed by atoms with Crippen LogP contribution in [0.15, 0.2) is 46.2 Å². The zero-order valence-electron chi connectivity index (χ0n) is 11.6. The lowest BCUT2D eigenvalue weighted by atomic mass is 10.2. The first-order valence-electron chi connectivity index (χ1n) is 6.35. The van der Waals surface area contributed by atoms with Crippen molar-refractivity contribution in [1.29, 1.82) is 0 Å². The summed E-state index contributed by atoms with van der Waals surface area (Å²) in [5, 5.41) is 3.08. The Morgan fingerprint density at radius 2 is 2.18 bits per heavy atom. The normalized spacial score (nSPS) is 12.9. The Kier molecular flexibility index (Phi) is 5.12. The Morgan fingerprint density at radius 3 is 2.73 bits per heavy atom. The van der Waals surface area contributed by atoms with Gasteiger partial charge < -0.3 is 9.73 Å². The van der Waals surface area contributed by atoms with Gasteiger partial charge in [0.1, 0.15) is 5.76 Å². The molecule has 1 atom stereocenters. The van der Waals surface area contributed by atoms with E-state index in [1.54, 1.807) is 19.1 Å². The van der Waals surface area contributed by atoms with E-state index < -0.39 is 11.7 Å². The summed E-state index contributed by atoms with van der Waals surface area (Å²) in [5.41, 5.74) is -0.812. The summed E-state index contributed by atoms with van der Waals surface area (Å²) < 4.78 is 42.3. The molecule has 0 aliphatic carbocycles. The molecule has 2 heterocycles. The second kappa shape index (κ2) is 6.87. The molecule has 1 unspecified atom stereocenters. The van der Waals surface area contributed by atoms with E-state index in [0.29, 0.717) is 10.8 Å². The van der Waals surface area contributed by atoms with Gasteiger partial charge in [0.05, 0.1) is 28.6 Å². The molecule has 1 N–H and O–H groups in total. The molecular formula is C14H13F3N2O2S. The molecule has 0 aromatic carbocycles. The average Bonchev–Trinajstić information content (AvgIpc) is 2.99. The van der Waals surface area contributed by atoms with Crippen molar-refractivity contribution in [3.05, 3.63) is 48.0 Å². The summed E-state index contributed by atoms with van der Waals surface area (Å²) in [5.74, 6) is 0.435. The molecule has 118 valence electrons. The van der Waals surface area contributed by atoms with Gasteiger partial charge in [-0.15, -0.1) is 0 Å². The summed E-state index contributed by atoms with van der Waals surface area (Å²) in [6, 6.07) is 5.38. The Bertz CT molecular complexity index is 612. The van der Waals surface area contributed by atoms with Gasteiger partial charge in [-0.05, 0) is 31.2 Å². The maximum absolute atomic E-state index is 12.4. The Hall–Kier alpha value is -1.96. The number of hydrogen-bond donors (Lipinski definition) is 1. The minimum absolute atomic E-state index is 0.0589. The highest BCUT2D eigenvalue weighted by molar-refractivity contribution is 7.99. The van der Waals surface area contributed by atoms with Crippen LogP contribution >= 0.6 is 11.8 Å². The van der Waals surface area contributed by atoms with Crippen molar-refractivity contribution in [2.24, 2.45) is 0 Å². The van der Waals surface area contributed by atoms with Gasteiger partial charge >= 0.3 is 6.18 Å². The van der Waals surface area contributed by atoms with E-state index in [0.717, 1.165) is 24.0 Å². The third-order valence-corrected chi connectivity index (χ3v) is 3.71. The number of alkyl halides is 3. The number of carbonyl (C=O) groups excluding carboxylic acids is 1. The van der Waals surface area contributed by atoms with Crippen molar-refractivity contribution in [3.63, 3.8) is 0 Å². The molecule has 0 bridgehead atoms. The number of rotatable bonds is 5. The van der Waals surface area contributed by atoms with Gasteiger partial charge in [0.2, 0.25) is 5.91 Å². The van der Waals surface area contributed by atoms with E-state index in [9.17, 15) is 18.0 Å². The van der Waals surface area contributed by atoms with Gasteiger partial charge in [-0.25, -0.2) is 4.98 Å². The fourth-order valence-electron chi connectivity index (χ4n) is 1.66. The standard InChI is InChI=1S/C14H13F3N2O2S/c1-9(11-3-2-6-21-11)19-12(20)8-22-13-5-4-10(7-18-13)14(15,16)17/h2-7,9H,8H2,1H3,(H,19,20). The van der Waals surface area contributed by atoms with E-state index in [2.05, 4.69) is 10.3 Å². The number of pyridine rings is 1. The van der Waals surface area contributed by atoms with Crippen molar-refractivity contribution < 1.29 is 22.4 Å². The molecule has 22 heavy (non-hydrogen) atoms. The van der Waals surface area contributed by atoms with Crippen molar-refractivity contribution in [2.45, 2.75) is 24.2 Å². The average molecular weight is 330 g/mol. The smallest absolute Gasteiger partial charge is 0.417 e. The molecule has 1 amide bonds. The molecule has 0 saturated carbocycles. The van der Waals surface area contributed by atoms with Gasteiger partial charge in [-0.1, -0.05) is 11.8 Å². The number of hydrogen-bond acceptors (Lipinski definition) is 4. The molecule has 2 rings (SSSR count). The van der Waals surface area contributed by atoms with Crippen LogP contribution < -0.4 is 5.32 Å². The molecule has 0 radical (unpaired) electrons. The first-order chi connectivity index (χ1) is 10.4. The quantitative estimate of drug-likeness (QED) is 0.850. The monoisotopic (exact) mass is 330 g/mol. The first kappa shape index (κ1) is 16.4. The zero-order valence-corrected chi connectivity index (χ0v) is 12.4. The molecule has 8 heteroatoms. The van der Waals surface area contributed by atoms with Crippen LogP contribution in [0.5, 0.6) is 0 Å². The molecule has 0 aliphatic rings. The fraction of sp³-hybridized carbons (Fsp3) is 0.286. The van der Waals surface area contributed by atoms with Crippen molar-refractivity contribution >= 4 is 17.7 Å². The van der Waals surface area contributed by atoms with Gasteiger partial charge in [0.15, 0.2) is 0 Å². The van der Waals surface area contributed by atoms with Crippen LogP contribution in [-0.4, -0.2) is 16.6 Å². The maximum Gasteiger partial charge on any atom is 0.417 e. The number of furan rings is 1. The fourth-order valence-corrected chi connectivity index (χ4v) is 2.32. The Balaban J connectivity index is 1.83. The van der Waals surface area contributed by atoms with Crippen LogP contribution in [0, 0.1) is 0 Å². The highest BCUT2D eigenvalue weighted by Crippen LogP contribution is 2.29. The largest absolute Gasteiger partial charge is 0.467 e. The third-order valence-electron chi connectivity index (χ3n) is 2.76. The minimum atomic E-state index is -4.41. The number of nitrogens with zero attached hydrogens (tertiary/aromatic N) is 1. The Morgan fingerprint density at radius 1 is 1.41 bits per heavy atom. The number of carbonyl (C=O) groups is 1. The van der Waals surface area contributed by atoms with E-state index in [1.165, 1.54) is 12.3 Å². The number of thioether (sulfide) groups is 1. The summed E-state index contributed by atoms with van der Waals surface area (Å²) >= 11 is 1.07. The minimum Gasteiger partial charge on any atom is -0.467 e. The van der Waals surface area contributed by atoms with E-state index in [-0.39, 0.29) is 17.7 Å². The molecule has 4 nitrogen and oxygen atoms in total. The summed E-state index contributed by atoms with van der Waals surface area (Å²) in [7, 11) is 0. The number of nitrogens with one attached hydrogen (secondary N) is 1. The number of aromatic nitrogens is 1. The van der Waals surface area contributed by atoms with Crippen LogP contribution in [0.1, 0.15) is 24.3 Å². The maximum atomic E-state index is 12.4. The Labute approximate surface area is 129 Å². The second-order valence-electron chi connectivity index (χ2n) is 4.48. The number of amides is 1. The van der Waals surface area contributed by atoms with Crippen LogP contribution in [0.4, 0.5) is 13.2 Å². The lowest BCUT2D eigenvalue weighted by Crippen LogP contribution is -2.27. The van der Waals surface area contributed by atoms with Crippen molar-refractivity contribution in [3.8, 4) is 0 Å². The summed E-state index contributed by atoms with van der Waals surface area (Å²) in [4.78, 5) is 15.5. The molecular weight excluding hydrogens is 317 g/mol. The lowest BCUT2D eigenvalue weighted by molar-refractivity contribution is -0.137. The van der Waals surface area contributed by atoms with Crippen LogP contribution in [0.3, 0.4) is 0 Å². The molecule has 2 aromatic rings. The van der Waals surface area contributed by atoms with Crippen molar-refractivity contribution in [2.75, 3.05) is 5.75 Å². The van der Waals surface area contributed by atoms with Gasteiger partial charge in [-0.3, -0.25) is 4.79 Å². The van der Waals surface area contributed by atoms with Crippen LogP contribution in [0.2, 0.25) is 0 Å². The molecule has 2 aromatic heterocycles. The lowest BCUT2D eigenvalue weighted by Gasteiger charge is -2.11. The second-order valence-corrected chi connectivity index (χ2v) is 5.47. The molecule has 0 aliphatic heterocycles. The van der Waals surface area contributed by atoms with E-state index in [4.69, 9.17) is 4.42 Å². The summed E-state index contributed by atoms with van der Waals surface area (Å²) in [6.45, 7) is 1.78. The van der Waals surface area contributed by atoms with E-state index in [1.807, 2.05) is 0 Å². The number of halogens is 3.